The Morgan fingerprint density at radius 2 is 2.10 bits per heavy atom. The van der Waals surface area contributed by atoms with Crippen molar-refractivity contribution >= 4 is 6.09 Å². The lowest BCUT2D eigenvalue weighted by atomic mass is 10.1. The zero-order valence-electron chi connectivity index (χ0n) is 13.9. The molecule has 1 atom stereocenters. The molecule has 0 saturated carbocycles. The van der Waals surface area contributed by atoms with Crippen LogP contribution in [0.15, 0.2) is 0 Å². The Bertz CT molecular complexity index is 297. The lowest BCUT2D eigenvalue weighted by molar-refractivity contribution is 0.0226. The average Bonchev–Trinajstić information content (AvgIpc) is 2.74. The zero-order chi connectivity index (χ0) is 15.2. The van der Waals surface area contributed by atoms with Crippen molar-refractivity contribution in [1.29, 1.82) is 0 Å². The van der Waals surface area contributed by atoms with Gasteiger partial charge in [0.05, 0.1) is 0 Å². The maximum atomic E-state index is 12.1. The van der Waals surface area contributed by atoms with E-state index in [1.165, 1.54) is 12.8 Å². The molecular weight excluding hydrogens is 252 g/mol. The van der Waals surface area contributed by atoms with Gasteiger partial charge in [-0.25, -0.2) is 4.79 Å². The lowest BCUT2D eigenvalue weighted by Gasteiger charge is -2.28. The summed E-state index contributed by atoms with van der Waals surface area (Å²) in [7, 11) is 0. The van der Waals surface area contributed by atoms with Gasteiger partial charge in [0.25, 0.3) is 0 Å². The highest BCUT2D eigenvalue weighted by atomic mass is 16.6. The van der Waals surface area contributed by atoms with E-state index < -0.39 is 5.60 Å². The molecule has 0 aliphatic carbocycles. The van der Waals surface area contributed by atoms with E-state index in [4.69, 9.17) is 4.74 Å². The molecule has 0 aromatic rings. The van der Waals surface area contributed by atoms with E-state index in [1.807, 2.05) is 25.7 Å². The molecule has 118 valence electrons. The molecule has 1 rings (SSSR count). The normalized spacial score (nSPS) is 19.7. The number of carbonyl (C=O) groups excluding carboxylic acids is 1. The second-order valence-corrected chi connectivity index (χ2v) is 7.21. The quantitative estimate of drug-likeness (QED) is 0.760. The Kier molecular flexibility index (Phi) is 6.80. The first kappa shape index (κ1) is 17.3. The van der Waals surface area contributed by atoms with Crippen LogP contribution in [0.3, 0.4) is 0 Å². The fourth-order valence-electron chi connectivity index (χ4n) is 2.51. The van der Waals surface area contributed by atoms with E-state index in [0.717, 1.165) is 38.4 Å². The second-order valence-electron chi connectivity index (χ2n) is 7.21. The Morgan fingerprint density at radius 3 is 2.70 bits per heavy atom. The largest absolute Gasteiger partial charge is 0.444 e. The van der Waals surface area contributed by atoms with Crippen LogP contribution in [0.5, 0.6) is 0 Å². The van der Waals surface area contributed by atoms with Gasteiger partial charge in [-0.2, -0.15) is 0 Å². The van der Waals surface area contributed by atoms with Crippen molar-refractivity contribution in [2.75, 3.05) is 19.6 Å². The highest BCUT2D eigenvalue weighted by molar-refractivity contribution is 5.69. The maximum absolute atomic E-state index is 12.1. The number of likely N-dealkylation sites (tertiary alicyclic amines) is 1. The van der Waals surface area contributed by atoms with Crippen LogP contribution < -0.4 is 5.32 Å². The molecule has 0 aromatic carbocycles. The number of nitrogens with one attached hydrogen (secondary N) is 1. The summed E-state index contributed by atoms with van der Waals surface area (Å²) in [5.41, 5.74) is -0.408. The van der Waals surface area contributed by atoms with E-state index in [1.54, 1.807) is 0 Å². The Labute approximate surface area is 124 Å². The molecule has 20 heavy (non-hydrogen) atoms. The molecule has 4 heteroatoms. The van der Waals surface area contributed by atoms with E-state index in [9.17, 15) is 4.79 Å². The minimum atomic E-state index is -0.408. The van der Waals surface area contributed by atoms with Gasteiger partial charge in [-0.05, 0) is 58.9 Å². The molecule has 0 bridgehead atoms. The van der Waals surface area contributed by atoms with Crippen LogP contribution in [0.25, 0.3) is 0 Å². The Hall–Kier alpha value is -0.770. The summed E-state index contributed by atoms with van der Waals surface area (Å²) in [5, 5.41) is 3.48. The summed E-state index contributed by atoms with van der Waals surface area (Å²) in [6, 6.07) is 0.295. The first-order chi connectivity index (χ1) is 9.29. The van der Waals surface area contributed by atoms with E-state index in [0.29, 0.717) is 6.04 Å². The van der Waals surface area contributed by atoms with Crippen LogP contribution in [0.2, 0.25) is 0 Å². The third kappa shape index (κ3) is 6.60. The maximum Gasteiger partial charge on any atom is 0.410 e. The summed E-state index contributed by atoms with van der Waals surface area (Å²) < 4.78 is 5.47. The van der Waals surface area contributed by atoms with E-state index >= 15 is 0 Å². The first-order valence-electron chi connectivity index (χ1n) is 8.00. The van der Waals surface area contributed by atoms with Crippen LogP contribution in [-0.4, -0.2) is 42.3 Å². The predicted octanol–water partition coefficient (Wildman–Crippen LogP) is 3.41. The highest BCUT2D eigenvalue weighted by Crippen LogP contribution is 2.20. The zero-order valence-corrected chi connectivity index (χ0v) is 13.9. The van der Waals surface area contributed by atoms with Gasteiger partial charge in [0.2, 0.25) is 0 Å². The fourth-order valence-corrected chi connectivity index (χ4v) is 2.51. The number of hydrogen-bond donors (Lipinski definition) is 1. The standard InChI is InChI=1S/C16H32N2O2/c1-13(2)8-6-10-17-12-14-9-7-11-18(14)15(19)20-16(3,4)5/h13-14,17H,6-12H2,1-5H3. The third-order valence-corrected chi connectivity index (χ3v) is 3.52. The number of carbonyl (C=O) groups is 1. The van der Waals surface area contributed by atoms with Gasteiger partial charge in [-0.3, -0.25) is 0 Å². The van der Waals surface area contributed by atoms with E-state index in [2.05, 4.69) is 19.2 Å². The minimum Gasteiger partial charge on any atom is -0.444 e. The van der Waals surface area contributed by atoms with Gasteiger partial charge in [0.1, 0.15) is 5.60 Å². The summed E-state index contributed by atoms with van der Waals surface area (Å²) in [5.74, 6) is 0.765. The molecule has 0 aromatic heterocycles. The highest BCUT2D eigenvalue weighted by Gasteiger charge is 2.31. The van der Waals surface area contributed by atoms with Crippen LogP contribution in [-0.2, 0) is 4.74 Å². The van der Waals surface area contributed by atoms with Gasteiger partial charge in [-0.1, -0.05) is 13.8 Å². The number of nitrogens with zero attached hydrogens (tertiary/aromatic N) is 1. The molecule has 1 unspecified atom stereocenters. The lowest BCUT2D eigenvalue weighted by Crippen LogP contribution is -2.44. The third-order valence-electron chi connectivity index (χ3n) is 3.52. The van der Waals surface area contributed by atoms with Gasteiger partial charge < -0.3 is 15.0 Å². The molecule has 0 radical (unpaired) electrons. The predicted molar refractivity (Wildman–Crippen MR) is 82.9 cm³/mol. The van der Waals surface area contributed by atoms with Crippen LogP contribution in [0.1, 0.15) is 60.3 Å². The molecule has 1 aliphatic heterocycles. The van der Waals surface area contributed by atoms with Crippen LogP contribution in [0, 0.1) is 5.92 Å². The average molecular weight is 284 g/mol. The van der Waals surface area contributed by atoms with Crippen molar-refractivity contribution in [3.8, 4) is 0 Å². The van der Waals surface area contributed by atoms with Gasteiger partial charge in [0, 0.05) is 19.1 Å². The van der Waals surface area contributed by atoms with Crippen LogP contribution >= 0.6 is 0 Å². The molecule has 0 spiro atoms. The van der Waals surface area contributed by atoms with Crippen molar-refractivity contribution in [3.63, 3.8) is 0 Å². The molecule has 1 heterocycles. The minimum absolute atomic E-state index is 0.163. The molecular formula is C16H32N2O2. The second kappa shape index (κ2) is 7.87. The summed E-state index contributed by atoms with van der Waals surface area (Å²) in [4.78, 5) is 14.0. The number of ether oxygens (including phenoxy) is 1. The van der Waals surface area contributed by atoms with Gasteiger partial charge in [-0.15, -0.1) is 0 Å². The summed E-state index contributed by atoms with van der Waals surface area (Å²) in [6.45, 7) is 13.0. The first-order valence-corrected chi connectivity index (χ1v) is 8.00. The molecule has 1 N–H and O–H groups in total. The van der Waals surface area contributed by atoms with Gasteiger partial charge in [0.15, 0.2) is 0 Å². The van der Waals surface area contributed by atoms with E-state index in [-0.39, 0.29) is 6.09 Å². The molecule has 1 aliphatic rings. The number of hydrogen-bond acceptors (Lipinski definition) is 3. The van der Waals surface area contributed by atoms with Crippen molar-refractivity contribution in [3.05, 3.63) is 0 Å². The number of amides is 1. The van der Waals surface area contributed by atoms with Crippen molar-refractivity contribution in [2.24, 2.45) is 5.92 Å². The SMILES string of the molecule is CC(C)CCCNCC1CCCN1C(=O)OC(C)(C)C. The monoisotopic (exact) mass is 284 g/mol. The van der Waals surface area contributed by atoms with Crippen molar-refractivity contribution in [2.45, 2.75) is 71.9 Å². The molecule has 4 nitrogen and oxygen atoms in total. The fraction of sp³-hybridized carbons (Fsp3) is 0.938. The summed E-state index contributed by atoms with van der Waals surface area (Å²) >= 11 is 0. The Morgan fingerprint density at radius 1 is 1.40 bits per heavy atom. The van der Waals surface area contributed by atoms with Crippen molar-refractivity contribution < 1.29 is 9.53 Å². The molecule has 1 amide bonds. The van der Waals surface area contributed by atoms with Gasteiger partial charge >= 0.3 is 6.09 Å². The summed E-state index contributed by atoms with van der Waals surface area (Å²) in [6.07, 6.45) is 4.46. The molecule has 1 fully saturated rings. The van der Waals surface area contributed by atoms with Crippen LogP contribution in [0.4, 0.5) is 4.79 Å². The Balaban J connectivity index is 2.28. The van der Waals surface area contributed by atoms with Crippen molar-refractivity contribution in [1.82, 2.24) is 10.2 Å². The number of rotatable bonds is 6. The molecule has 1 saturated heterocycles. The smallest absolute Gasteiger partial charge is 0.410 e. The topological polar surface area (TPSA) is 41.6 Å².